The zero-order chi connectivity index (χ0) is 13.0. The largest absolute Gasteiger partial charge is 0.476 e. The third kappa shape index (κ3) is 2.94. The van der Waals surface area contributed by atoms with E-state index in [1.54, 1.807) is 0 Å². The SMILES string of the molecule is O=C(O)c1csc(-c2cccc(CCCO)c2)n1. The number of hydrogen-bond acceptors (Lipinski definition) is 4. The molecule has 0 saturated carbocycles. The highest BCUT2D eigenvalue weighted by Gasteiger charge is 2.10. The highest BCUT2D eigenvalue weighted by atomic mass is 32.1. The zero-order valence-electron chi connectivity index (χ0n) is 9.67. The first kappa shape index (κ1) is 12.7. The van der Waals surface area contributed by atoms with E-state index in [2.05, 4.69) is 4.98 Å². The molecule has 0 fully saturated rings. The number of benzene rings is 1. The summed E-state index contributed by atoms with van der Waals surface area (Å²) in [6.45, 7) is 0.171. The number of thiazole rings is 1. The second-order valence-electron chi connectivity index (χ2n) is 3.87. The lowest BCUT2D eigenvalue weighted by Gasteiger charge is -2.02. The summed E-state index contributed by atoms with van der Waals surface area (Å²) >= 11 is 1.32. The molecule has 0 radical (unpaired) electrons. The van der Waals surface area contributed by atoms with Gasteiger partial charge in [-0.05, 0) is 24.5 Å². The predicted molar refractivity (Wildman–Crippen MR) is 69.9 cm³/mol. The molecule has 2 N–H and O–H groups in total. The number of nitrogens with zero attached hydrogens (tertiary/aromatic N) is 1. The molecule has 0 amide bonds. The third-order valence-corrected chi connectivity index (χ3v) is 3.41. The van der Waals surface area contributed by atoms with Gasteiger partial charge in [-0.15, -0.1) is 11.3 Å². The number of aromatic carboxylic acids is 1. The van der Waals surface area contributed by atoms with E-state index in [4.69, 9.17) is 10.2 Å². The summed E-state index contributed by atoms with van der Waals surface area (Å²) in [4.78, 5) is 14.8. The monoisotopic (exact) mass is 263 g/mol. The summed E-state index contributed by atoms with van der Waals surface area (Å²) in [5, 5.41) is 19.9. The van der Waals surface area contributed by atoms with Gasteiger partial charge in [-0.25, -0.2) is 9.78 Å². The number of aromatic nitrogens is 1. The number of aliphatic hydroxyl groups is 1. The molecule has 2 aromatic rings. The van der Waals surface area contributed by atoms with Crippen molar-refractivity contribution in [2.75, 3.05) is 6.61 Å². The van der Waals surface area contributed by atoms with Gasteiger partial charge in [-0.2, -0.15) is 0 Å². The minimum Gasteiger partial charge on any atom is -0.476 e. The van der Waals surface area contributed by atoms with Crippen LogP contribution in [-0.4, -0.2) is 27.8 Å². The fourth-order valence-corrected chi connectivity index (χ4v) is 2.44. The molecule has 0 spiro atoms. The van der Waals surface area contributed by atoms with Gasteiger partial charge < -0.3 is 10.2 Å². The van der Waals surface area contributed by atoms with E-state index in [1.165, 1.54) is 16.7 Å². The van der Waals surface area contributed by atoms with Crippen molar-refractivity contribution in [3.8, 4) is 10.6 Å². The number of rotatable bonds is 5. The van der Waals surface area contributed by atoms with Crippen molar-refractivity contribution in [1.29, 1.82) is 0 Å². The summed E-state index contributed by atoms with van der Waals surface area (Å²) in [5.74, 6) is -1.01. The van der Waals surface area contributed by atoms with Gasteiger partial charge in [0.1, 0.15) is 5.01 Å². The first-order valence-corrected chi connectivity index (χ1v) is 6.47. The second kappa shape index (κ2) is 5.75. The Balaban J connectivity index is 2.23. The maximum atomic E-state index is 10.8. The molecule has 94 valence electrons. The Morgan fingerprint density at radius 3 is 2.89 bits per heavy atom. The third-order valence-electron chi connectivity index (χ3n) is 2.52. The van der Waals surface area contributed by atoms with Gasteiger partial charge in [0.15, 0.2) is 5.69 Å². The maximum absolute atomic E-state index is 10.8. The Kier molecular flexibility index (Phi) is 4.07. The molecular weight excluding hydrogens is 250 g/mol. The molecule has 5 heteroatoms. The van der Waals surface area contributed by atoms with Crippen LogP contribution in [0, 0.1) is 0 Å². The molecule has 1 aromatic carbocycles. The van der Waals surface area contributed by atoms with Gasteiger partial charge in [-0.1, -0.05) is 18.2 Å². The summed E-state index contributed by atoms with van der Waals surface area (Å²) in [5.41, 5.74) is 2.12. The standard InChI is InChI=1S/C13H13NO3S/c15-6-2-4-9-3-1-5-10(7-9)12-14-11(8-18-12)13(16)17/h1,3,5,7-8,15H,2,4,6H2,(H,16,17). The number of carboxylic acid groups (broad SMARTS) is 1. The average Bonchev–Trinajstić information content (AvgIpc) is 2.86. The lowest BCUT2D eigenvalue weighted by molar-refractivity contribution is 0.0691. The van der Waals surface area contributed by atoms with Crippen LogP contribution >= 0.6 is 11.3 Å². The molecule has 0 atom stereocenters. The number of aliphatic hydroxyl groups excluding tert-OH is 1. The molecular formula is C13H13NO3S. The van der Waals surface area contributed by atoms with Crippen LogP contribution < -0.4 is 0 Å². The van der Waals surface area contributed by atoms with Gasteiger partial charge >= 0.3 is 5.97 Å². The zero-order valence-corrected chi connectivity index (χ0v) is 10.5. The van der Waals surface area contributed by atoms with Crippen LogP contribution in [0.25, 0.3) is 10.6 Å². The minimum absolute atomic E-state index is 0.0794. The second-order valence-corrected chi connectivity index (χ2v) is 4.73. The van der Waals surface area contributed by atoms with E-state index in [-0.39, 0.29) is 12.3 Å². The first-order chi connectivity index (χ1) is 8.70. The van der Waals surface area contributed by atoms with Crippen LogP contribution in [0.5, 0.6) is 0 Å². The molecule has 0 aliphatic rings. The van der Waals surface area contributed by atoms with Crippen LogP contribution in [0.3, 0.4) is 0 Å². The Hall–Kier alpha value is -1.72. The van der Waals surface area contributed by atoms with E-state index in [9.17, 15) is 4.79 Å². The van der Waals surface area contributed by atoms with Crippen molar-refractivity contribution in [3.63, 3.8) is 0 Å². The van der Waals surface area contributed by atoms with Crippen molar-refractivity contribution in [2.24, 2.45) is 0 Å². The Morgan fingerprint density at radius 2 is 2.22 bits per heavy atom. The van der Waals surface area contributed by atoms with E-state index >= 15 is 0 Å². The molecule has 0 unspecified atom stereocenters. The average molecular weight is 263 g/mol. The normalized spacial score (nSPS) is 10.5. The van der Waals surface area contributed by atoms with E-state index in [1.807, 2.05) is 24.3 Å². The number of carboxylic acids is 1. The molecule has 1 heterocycles. The lowest BCUT2D eigenvalue weighted by atomic mass is 10.1. The highest BCUT2D eigenvalue weighted by molar-refractivity contribution is 7.13. The van der Waals surface area contributed by atoms with E-state index < -0.39 is 5.97 Å². The van der Waals surface area contributed by atoms with Gasteiger partial charge in [0.2, 0.25) is 0 Å². The quantitative estimate of drug-likeness (QED) is 0.869. The van der Waals surface area contributed by atoms with Gasteiger partial charge in [0.25, 0.3) is 0 Å². The molecule has 0 saturated heterocycles. The van der Waals surface area contributed by atoms with Crippen molar-refractivity contribution < 1.29 is 15.0 Å². The molecule has 2 rings (SSSR count). The Labute approximate surface area is 109 Å². The summed E-state index contributed by atoms with van der Waals surface area (Å²) in [7, 11) is 0. The van der Waals surface area contributed by atoms with Crippen LogP contribution in [0.15, 0.2) is 29.6 Å². The fourth-order valence-electron chi connectivity index (χ4n) is 1.65. The maximum Gasteiger partial charge on any atom is 0.355 e. The van der Waals surface area contributed by atoms with Gasteiger partial charge in [-0.3, -0.25) is 0 Å². The molecule has 4 nitrogen and oxygen atoms in total. The molecule has 0 bridgehead atoms. The molecule has 1 aromatic heterocycles. The van der Waals surface area contributed by atoms with Gasteiger partial charge in [0, 0.05) is 17.6 Å². The topological polar surface area (TPSA) is 70.4 Å². The number of carbonyl (C=O) groups is 1. The van der Waals surface area contributed by atoms with Crippen molar-refractivity contribution in [3.05, 3.63) is 40.9 Å². The Morgan fingerprint density at radius 1 is 1.39 bits per heavy atom. The lowest BCUT2D eigenvalue weighted by Crippen LogP contribution is -1.95. The summed E-state index contributed by atoms with van der Waals surface area (Å²) < 4.78 is 0. The van der Waals surface area contributed by atoms with Crippen LogP contribution in [0.4, 0.5) is 0 Å². The van der Waals surface area contributed by atoms with E-state index in [0.29, 0.717) is 5.01 Å². The highest BCUT2D eigenvalue weighted by Crippen LogP contribution is 2.24. The minimum atomic E-state index is -1.01. The van der Waals surface area contributed by atoms with E-state index in [0.717, 1.165) is 24.0 Å². The van der Waals surface area contributed by atoms with Crippen molar-refractivity contribution >= 4 is 17.3 Å². The fraction of sp³-hybridized carbons (Fsp3) is 0.231. The van der Waals surface area contributed by atoms with Crippen molar-refractivity contribution in [2.45, 2.75) is 12.8 Å². The van der Waals surface area contributed by atoms with Crippen LogP contribution in [0.2, 0.25) is 0 Å². The van der Waals surface area contributed by atoms with Crippen molar-refractivity contribution in [1.82, 2.24) is 4.98 Å². The number of aryl methyl sites for hydroxylation is 1. The number of hydrogen-bond donors (Lipinski definition) is 2. The molecule has 18 heavy (non-hydrogen) atoms. The predicted octanol–water partition coefficient (Wildman–Crippen LogP) is 2.43. The summed E-state index contributed by atoms with van der Waals surface area (Å²) in [6, 6.07) is 7.81. The van der Waals surface area contributed by atoms with Crippen LogP contribution in [0.1, 0.15) is 22.5 Å². The molecule has 0 aliphatic heterocycles. The Bertz CT molecular complexity index is 551. The first-order valence-electron chi connectivity index (χ1n) is 5.59. The molecule has 0 aliphatic carbocycles. The summed E-state index contributed by atoms with van der Waals surface area (Å²) in [6.07, 6.45) is 1.53. The smallest absolute Gasteiger partial charge is 0.355 e. The van der Waals surface area contributed by atoms with Gasteiger partial charge in [0.05, 0.1) is 0 Å². The van der Waals surface area contributed by atoms with Crippen LogP contribution in [-0.2, 0) is 6.42 Å².